The molecule has 0 spiro atoms. The minimum Gasteiger partial charge on any atom is -0.495 e. The number of carbonyl (C=O) groups excluding carboxylic acids is 1. The first-order valence-corrected chi connectivity index (χ1v) is 12.2. The van der Waals surface area contributed by atoms with E-state index in [0.717, 1.165) is 74.5 Å². The van der Waals surface area contributed by atoms with Crippen LogP contribution in [0.3, 0.4) is 0 Å². The van der Waals surface area contributed by atoms with E-state index < -0.39 is 0 Å². The molecule has 2 N–H and O–H groups in total. The van der Waals surface area contributed by atoms with Crippen molar-refractivity contribution in [3.63, 3.8) is 0 Å². The zero-order valence-electron chi connectivity index (χ0n) is 20.4. The Hall–Kier alpha value is -3.54. The normalized spacial score (nSPS) is 17.9. The number of nitrogens with zero attached hydrogens (tertiary/aromatic N) is 4. The van der Waals surface area contributed by atoms with Crippen LogP contribution in [0.5, 0.6) is 5.75 Å². The van der Waals surface area contributed by atoms with Gasteiger partial charge in [-0.3, -0.25) is 9.69 Å². The molecule has 35 heavy (non-hydrogen) atoms. The van der Waals surface area contributed by atoms with Crippen LogP contribution in [-0.2, 0) is 0 Å². The second kappa shape index (κ2) is 9.98. The Morgan fingerprint density at radius 3 is 2.57 bits per heavy atom. The molecule has 2 saturated heterocycles. The number of fused-ring (bicyclic) bond motifs is 1. The van der Waals surface area contributed by atoms with Crippen molar-refractivity contribution in [3.05, 3.63) is 53.7 Å². The van der Waals surface area contributed by atoms with Gasteiger partial charge in [-0.2, -0.15) is 5.26 Å². The van der Waals surface area contributed by atoms with Crippen molar-refractivity contribution in [2.45, 2.75) is 18.9 Å². The summed E-state index contributed by atoms with van der Waals surface area (Å²) in [4.78, 5) is 23.5. The van der Waals surface area contributed by atoms with Crippen molar-refractivity contribution in [3.8, 4) is 11.8 Å². The number of nitrogens with one attached hydrogen (secondary N) is 2. The van der Waals surface area contributed by atoms with Crippen LogP contribution in [-0.4, -0.2) is 80.2 Å². The van der Waals surface area contributed by atoms with Gasteiger partial charge in [0.2, 0.25) is 0 Å². The molecule has 0 bridgehead atoms. The minimum absolute atomic E-state index is 0.205. The van der Waals surface area contributed by atoms with Gasteiger partial charge in [-0.05, 0) is 44.2 Å². The van der Waals surface area contributed by atoms with Gasteiger partial charge in [0, 0.05) is 74.2 Å². The number of likely N-dealkylation sites (N-methyl/N-ethyl adjacent to an activating group) is 1. The van der Waals surface area contributed by atoms with Crippen LogP contribution in [0.15, 0.2) is 42.6 Å². The largest absolute Gasteiger partial charge is 0.495 e. The van der Waals surface area contributed by atoms with Crippen LogP contribution < -0.4 is 15.0 Å². The van der Waals surface area contributed by atoms with Crippen LogP contribution in [0.4, 0.5) is 11.4 Å². The standard InChI is InChI=1S/C27H32N6O2/c1-31-11-13-32(14-12-31)21-7-9-33(10-8-21)25-6-4-20(16-26(25)35-2)30-27(34)23-18-29-24-15-19(17-28)3-5-22(23)24/h3-6,15-16,18,21,29H,7-14H2,1-2H3,(H,30,34). The summed E-state index contributed by atoms with van der Waals surface area (Å²) in [6.45, 7) is 6.63. The monoisotopic (exact) mass is 472 g/mol. The van der Waals surface area contributed by atoms with Gasteiger partial charge in [0.25, 0.3) is 5.91 Å². The second-order valence-corrected chi connectivity index (χ2v) is 9.47. The number of anilines is 2. The number of aromatic amines is 1. The van der Waals surface area contributed by atoms with Crippen molar-refractivity contribution < 1.29 is 9.53 Å². The smallest absolute Gasteiger partial charge is 0.257 e. The first-order chi connectivity index (χ1) is 17.1. The molecule has 3 aromatic rings. The molecule has 2 aliphatic rings. The topological polar surface area (TPSA) is 87.6 Å². The molecule has 0 aliphatic carbocycles. The number of methoxy groups -OCH3 is 1. The lowest BCUT2D eigenvalue weighted by molar-refractivity contribution is 0.0981. The van der Waals surface area contributed by atoms with Crippen molar-refractivity contribution in [2.24, 2.45) is 0 Å². The number of piperidine rings is 1. The first-order valence-electron chi connectivity index (χ1n) is 12.2. The number of piperazine rings is 1. The van der Waals surface area contributed by atoms with Crippen molar-refractivity contribution in [2.75, 3.05) is 63.6 Å². The number of hydrogen-bond donors (Lipinski definition) is 2. The summed E-state index contributed by atoms with van der Waals surface area (Å²) in [7, 11) is 3.87. The molecule has 2 fully saturated rings. The van der Waals surface area contributed by atoms with E-state index in [1.54, 1.807) is 31.5 Å². The van der Waals surface area contributed by atoms with E-state index in [0.29, 0.717) is 22.9 Å². The predicted octanol–water partition coefficient (Wildman–Crippen LogP) is 3.52. The average Bonchev–Trinajstić information content (AvgIpc) is 3.32. The van der Waals surface area contributed by atoms with E-state index in [-0.39, 0.29) is 5.91 Å². The van der Waals surface area contributed by atoms with Crippen LogP contribution in [0, 0.1) is 11.3 Å². The summed E-state index contributed by atoms with van der Waals surface area (Å²) in [5.41, 5.74) is 3.61. The number of carbonyl (C=O) groups is 1. The van der Waals surface area contributed by atoms with Crippen molar-refractivity contribution in [1.82, 2.24) is 14.8 Å². The Balaban J connectivity index is 1.25. The summed E-state index contributed by atoms with van der Waals surface area (Å²) in [5, 5.41) is 12.9. The Morgan fingerprint density at radius 1 is 1.09 bits per heavy atom. The summed E-state index contributed by atoms with van der Waals surface area (Å²) >= 11 is 0. The van der Waals surface area contributed by atoms with E-state index in [2.05, 4.69) is 38.1 Å². The van der Waals surface area contributed by atoms with E-state index in [9.17, 15) is 4.79 Å². The lowest BCUT2D eigenvalue weighted by atomic mass is 10.0. The van der Waals surface area contributed by atoms with Gasteiger partial charge in [-0.25, -0.2) is 0 Å². The van der Waals surface area contributed by atoms with Crippen molar-refractivity contribution in [1.29, 1.82) is 5.26 Å². The molecule has 8 nitrogen and oxygen atoms in total. The number of hydrogen-bond acceptors (Lipinski definition) is 6. The lowest BCUT2D eigenvalue weighted by Crippen LogP contribution is -2.52. The van der Waals surface area contributed by atoms with E-state index in [1.165, 1.54) is 0 Å². The lowest BCUT2D eigenvalue weighted by Gasteiger charge is -2.42. The van der Waals surface area contributed by atoms with Crippen LogP contribution in [0.2, 0.25) is 0 Å². The summed E-state index contributed by atoms with van der Waals surface area (Å²) in [6.07, 6.45) is 3.98. The van der Waals surface area contributed by atoms with Crippen LogP contribution >= 0.6 is 0 Å². The zero-order chi connectivity index (χ0) is 24.4. The fourth-order valence-electron chi connectivity index (χ4n) is 5.26. The molecule has 0 saturated carbocycles. The van der Waals surface area contributed by atoms with E-state index in [1.807, 2.05) is 18.2 Å². The Bertz CT molecular complexity index is 1250. The van der Waals surface area contributed by atoms with E-state index in [4.69, 9.17) is 10.00 Å². The summed E-state index contributed by atoms with van der Waals surface area (Å²) < 4.78 is 5.72. The summed E-state index contributed by atoms with van der Waals surface area (Å²) in [5.74, 6) is 0.558. The van der Waals surface area contributed by atoms with Crippen LogP contribution in [0.1, 0.15) is 28.8 Å². The van der Waals surface area contributed by atoms with Gasteiger partial charge in [0.1, 0.15) is 5.75 Å². The van der Waals surface area contributed by atoms with E-state index >= 15 is 0 Å². The maximum atomic E-state index is 13.0. The summed E-state index contributed by atoms with van der Waals surface area (Å²) in [6, 6.07) is 13.9. The third kappa shape index (κ3) is 4.83. The third-order valence-electron chi connectivity index (χ3n) is 7.35. The number of amides is 1. The molecule has 0 atom stereocenters. The molecular formula is C27H32N6O2. The highest BCUT2D eigenvalue weighted by molar-refractivity contribution is 6.13. The molecule has 0 unspecified atom stereocenters. The highest BCUT2D eigenvalue weighted by atomic mass is 16.5. The van der Waals surface area contributed by atoms with Gasteiger partial charge in [-0.1, -0.05) is 6.07 Å². The molecule has 2 aliphatic heterocycles. The van der Waals surface area contributed by atoms with Crippen LogP contribution in [0.25, 0.3) is 10.9 Å². The van der Waals surface area contributed by atoms with Gasteiger partial charge in [-0.15, -0.1) is 0 Å². The molecule has 1 aromatic heterocycles. The SMILES string of the molecule is COc1cc(NC(=O)c2c[nH]c3cc(C#N)ccc23)ccc1N1CCC(N2CCN(C)CC2)CC1. The molecule has 1 amide bonds. The number of H-pyrrole nitrogens is 1. The Labute approximate surface area is 206 Å². The van der Waals surface area contributed by atoms with Gasteiger partial charge in [0.15, 0.2) is 0 Å². The second-order valence-electron chi connectivity index (χ2n) is 9.47. The Morgan fingerprint density at radius 2 is 1.86 bits per heavy atom. The molecule has 5 rings (SSSR count). The maximum absolute atomic E-state index is 13.0. The fraction of sp³-hybridized carbons (Fsp3) is 0.407. The quantitative estimate of drug-likeness (QED) is 0.591. The molecule has 3 heterocycles. The number of benzene rings is 2. The Kier molecular flexibility index (Phi) is 6.62. The molecule has 182 valence electrons. The van der Waals surface area contributed by atoms with Crippen molar-refractivity contribution >= 4 is 28.2 Å². The number of aromatic nitrogens is 1. The molecule has 0 radical (unpaired) electrons. The number of ether oxygens (including phenoxy) is 1. The molecule has 8 heteroatoms. The maximum Gasteiger partial charge on any atom is 0.257 e. The first kappa shape index (κ1) is 23.2. The zero-order valence-corrected chi connectivity index (χ0v) is 20.4. The molecule has 2 aromatic carbocycles. The number of nitriles is 1. The average molecular weight is 473 g/mol. The number of rotatable bonds is 5. The third-order valence-corrected chi connectivity index (χ3v) is 7.35. The van der Waals surface area contributed by atoms with Gasteiger partial charge < -0.3 is 24.8 Å². The fourth-order valence-corrected chi connectivity index (χ4v) is 5.26. The van der Waals surface area contributed by atoms with Gasteiger partial charge >= 0.3 is 0 Å². The molecular weight excluding hydrogens is 440 g/mol. The minimum atomic E-state index is -0.205. The van der Waals surface area contributed by atoms with Gasteiger partial charge in [0.05, 0.1) is 30.0 Å². The highest BCUT2D eigenvalue weighted by Gasteiger charge is 2.27. The predicted molar refractivity (Wildman–Crippen MR) is 138 cm³/mol. The highest BCUT2D eigenvalue weighted by Crippen LogP contribution is 2.34.